The first kappa shape index (κ1) is 17.3. The van der Waals surface area contributed by atoms with Crippen LogP contribution in [0.5, 0.6) is 0 Å². The zero-order valence-corrected chi connectivity index (χ0v) is 13.4. The number of carbonyl (C=O) groups excluding carboxylic acids is 1. The van der Waals surface area contributed by atoms with Crippen molar-refractivity contribution in [3.8, 4) is 0 Å². The summed E-state index contributed by atoms with van der Waals surface area (Å²) in [5, 5.41) is 0. The fraction of sp³-hybridized carbons (Fsp3) is 0.769. The van der Waals surface area contributed by atoms with Crippen LogP contribution in [-0.2, 0) is 9.53 Å². The SMILES string of the molecule is C=C(C)C(=O)OCCCCCCCCC(F)(F)[SiH3]. The lowest BCUT2D eigenvalue weighted by molar-refractivity contribution is -0.139. The Morgan fingerprint density at radius 2 is 1.67 bits per heavy atom. The second-order valence-corrected chi connectivity index (χ2v) is 6.32. The number of rotatable bonds is 10. The first-order chi connectivity index (χ1) is 8.33. The molecule has 0 aromatic carbocycles. The predicted octanol–water partition coefficient (Wildman–Crippen LogP) is 2.79. The van der Waals surface area contributed by atoms with Gasteiger partial charge in [0, 0.05) is 12.0 Å². The molecule has 0 aliphatic carbocycles. The summed E-state index contributed by atoms with van der Waals surface area (Å²) in [4.78, 5) is 11.0. The molecule has 18 heavy (non-hydrogen) atoms. The van der Waals surface area contributed by atoms with Gasteiger partial charge in [-0.05, 0) is 19.8 Å². The number of hydrogen-bond acceptors (Lipinski definition) is 2. The molecule has 0 aliphatic rings. The van der Waals surface area contributed by atoms with Crippen molar-refractivity contribution in [3.05, 3.63) is 12.2 Å². The van der Waals surface area contributed by atoms with Gasteiger partial charge in [-0.1, -0.05) is 32.3 Å². The number of carbonyl (C=O) groups is 1. The van der Waals surface area contributed by atoms with Gasteiger partial charge in [-0.25, -0.2) is 13.6 Å². The van der Waals surface area contributed by atoms with E-state index < -0.39 is 5.55 Å². The van der Waals surface area contributed by atoms with Crippen molar-refractivity contribution >= 4 is 16.2 Å². The number of hydrogen-bond donors (Lipinski definition) is 0. The minimum atomic E-state index is -2.39. The van der Waals surface area contributed by atoms with E-state index in [0.29, 0.717) is 18.6 Å². The molecule has 0 aromatic rings. The Labute approximate surface area is 111 Å². The lowest BCUT2D eigenvalue weighted by atomic mass is 10.1. The minimum Gasteiger partial charge on any atom is -0.462 e. The van der Waals surface area contributed by atoms with Gasteiger partial charge < -0.3 is 4.74 Å². The highest BCUT2D eigenvalue weighted by Crippen LogP contribution is 2.18. The third-order valence-electron chi connectivity index (χ3n) is 2.59. The van der Waals surface area contributed by atoms with Crippen LogP contribution >= 0.6 is 0 Å². The van der Waals surface area contributed by atoms with E-state index in [0.717, 1.165) is 32.1 Å². The molecule has 0 heterocycles. The van der Waals surface area contributed by atoms with Crippen LogP contribution in [0.4, 0.5) is 8.78 Å². The van der Waals surface area contributed by atoms with Gasteiger partial charge in [-0.2, -0.15) is 0 Å². The van der Waals surface area contributed by atoms with E-state index in [2.05, 4.69) is 6.58 Å². The molecule has 0 fully saturated rings. The molecule has 0 N–H and O–H groups in total. The molecule has 0 amide bonds. The van der Waals surface area contributed by atoms with Gasteiger partial charge in [0.25, 0.3) is 0 Å². The van der Waals surface area contributed by atoms with Crippen molar-refractivity contribution in [1.29, 1.82) is 0 Å². The van der Waals surface area contributed by atoms with Crippen LogP contribution in [0.1, 0.15) is 51.9 Å². The van der Waals surface area contributed by atoms with E-state index >= 15 is 0 Å². The van der Waals surface area contributed by atoms with E-state index in [1.807, 2.05) is 0 Å². The van der Waals surface area contributed by atoms with Gasteiger partial charge in [-0.15, -0.1) is 0 Å². The van der Waals surface area contributed by atoms with Crippen molar-refractivity contribution in [3.63, 3.8) is 0 Å². The van der Waals surface area contributed by atoms with Crippen LogP contribution in [0.2, 0.25) is 0 Å². The average Bonchev–Trinajstić information content (AvgIpc) is 2.24. The largest absolute Gasteiger partial charge is 0.462 e. The second kappa shape index (κ2) is 9.25. The Morgan fingerprint density at radius 3 is 2.17 bits per heavy atom. The molecule has 0 spiro atoms. The third kappa shape index (κ3) is 11.8. The molecule has 0 bridgehead atoms. The molecule has 0 aliphatic heterocycles. The summed E-state index contributed by atoms with van der Waals surface area (Å²) >= 11 is 0. The average molecular weight is 278 g/mol. The molecule has 0 atom stereocenters. The van der Waals surface area contributed by atoms with Gasteiger partial charge in [0.05, 0.1) is 16.8 Å². The van der Waals surface area contributed by atoms with Gasteiger partial charge in [0.15, 0.2) is 0 Å². The fourth-order valence-corrected chi connectivity index (χ4v) is 1.89. The zero-order chi connectivity index (χ0) is 14.0. The molecule has 2 nitrogen and oxygen atoms in total. The molecule has 0 saturated heterocycles. The molecular formula is C13H24F2O2Si. The molecular weight excluding hydrogens is 254 g/mol. The zero-order valence-electron chi connectivity index (χ0n) is 11.4. The normalized spacial score (nSPS) is 11.5. The molecule has 0 radical (unpaired) electrons. The van der Waals surface area contributed by atoms with Gasteiger partial charge in [0.2, 0.25) is 5.55 Å². The van der Waals surface area contributed by atoms with E-state index in [9.17, 15) is 13.6 Å². The number of halogens is 2. The summed E-state index contributed by atoms with van der Waals surface area (Å²) in [7, 11) is -0.0439. The van der Waals surface area contributed by atoms with E-state index in [4.69, 9.17) is 4.74 Å². The Balaban J connectivity index is 3.22. The Kier molecular flexibility index (Phi) is 8.88. The molecule has 0 aromatic heterocycles. The monoisotopic (exact) mass is 278 g/mol. The number of esters is 1. The molecule has 0 saturated carbocycles. The maximum Gasteiger partial charge on any atom is 0.333 e. The maximum absolute atomic E-state index is 12.5. The number of alkyl halides is 2. The number of ether oxygens (including phenoxy) is 1. The van der Waals surface area contributed by atoms with Gasteiger partial charge >= 0.3 is 5.97 Å². The summed E-state index contributed by atoms with van der Waals surface area (Å²) in [5.41, 5.74) is -1.98. The summed E-state index contributed by atoms with van der Waals surface area (Å²) in [6.45, 7) is 5.53. The minimum absolute atomic E-state index is 0.0371. The van der Waals surface area contributed by atoms with Crippen molar-refractivity contribution in [2.45, 2.75) is 57.4 Å². The van der Waals surface area contributed by atoms with E-state index in [1.165, 1.54) is 0 Å². The van der Waals surface area contributed by atoms with Crippen LogP contribution < -0.4 is 0 Å². The lowest BCUT2D eigenvalue weighted by Crippen LogP contribution is -2.14. The molecule has 0 rings (SSSR count). The quantitative estimate of drug-likeness (QED) is 0.266. The first-order valence-electron chi connectivity index (χ1n) is 6.53. The molecule has 5 heteroatoms. The summed E-state index contributed by atoms with van der Waals surface area (Å²) < 4.78 is 30.0. The van der Waals surface area contributed by atoms with Crippen molar-refractivity contribution in [1.82, 2.24) is 0 Å². The van der Waals surface area contributed by atoms with Crippen LogP contribution in [0.15, 0.2) is 12.2 Å². The predicted molar refractivity (Wildman–Crippen MR) is 73.0 cm³/mol. The number of unbranched alkanes of at least 4 members (excludes halogenated alkanes) is 5. The lowest BCUT2D eigenvalue weighted by Gasteiger charge is -2.09. The topological polar surface area (TPSA) is 26.3 Å². The van der Waals surface area contributed by atoms with E-state index in [1.54, 1.807) is 6.92 Å². The molecule has 106 valence electrons. The van der Waals surface area contributed by atoms with Crippen molar-refractivity contribution in [2.75, 3.05) is 6.61 Å². The van der Waals surface area contributed by atoms with Crippen LogP contribution in [-0.4, -0.2) is 28.4 Å². The molecule has 0 unspecified atom stereocenters. The van der Waals surface area contributed by atoms with Crippen LogP contribution in [0, 0.1) is 0 Å². The summed E-state index contributed by atoms with van der Waals surface area (Å²) in [5.74, 6) is -0.343. The van der Waals surface area contributed by atoms with Crippen molar-refractivity contribution < 1.29 is 18.3 Å². The maximum atomic E-state index is 12.5. The second-order valence-electron chi connectivity index (χ2n) is 4.86. The van der Waals surface area contributed by atoms with Gasteiger partial charge in [-0.3, -0.25) is 0 Å². The highest BCUT2D eigenvalue weighted by atomic mass is 28.1. The Bertz CT molecular complexity index is 262. The van der Waals surface area contributed by atoms with E-state index in [-0.39, 0.29) is 22.6 Å². The fourth-order valence-electron chi connectivity index (χ4n) is 1.53. The van der Waals surface area contributed by atoms with Gasteiger partial charge in [0.1, 0.15) is 0 Å². The standard InChI is InChI=1S/C13H24F2O2Si/c1-11(2)12(16)17-10-8-6-4-3-5-7-9-13(14,15)18/h1,3-10H2,2,18H3. The van der Waals surface area contributed by atoms with Crippen LogP contribution in [0.3, 0.4) is 0 Å². The summed E-state index contributed by atoms with van der Waals surface area (Å²) in [6.07, 6.45) is 5.31. The van der Waals surface area contributed by atoms with Crippen molar-refractivity contribution in [2.24, 2.45) is 0 Å². The summed E-state index contributed by atoms with van der Waals surface area (Å²) in [6, 6.07) is 0. The highest BCUT2D eigenvalue weighted by Gasteiger charge is 2.18. The first-order valence-corrected chi connectivity index (χ1v) is 7.53. The third-order valence-corrected chi connectivity index (χ3v) is 3.09. The Morgan fingerprint density at radius 1 is 1.17 bits per heavy atom. The smallest absolute Gasteiger partial charge is 0.333 e. The highest BCUT2D eigenvalue weighted by molar-refractivity contribution is 6.13. The van der Waals surface area contributed by atoms with Crippen LogP contribution in [0.25, 0.3) is 0 Å². The Hall–Kier alpha value is -0.713.